The Balaban J connectivity index is 1.55. The topological polar surface area (TPSA) is 40.5 Å². The summed E-state index contributed by atoms with van der Waals surface area (Å²) in [6.45, 7) is 11.5. The molecule has 8 atom stereocenters. The van der Waals surface area contributed by atoms with Crippen LogP contribution in [-0.2, 0) is 0 Å². The monoisotopic (exact) mass is 400 g/mol. The summed E-state index contributed by atoms with van der Waals surface area (Å²) in [5.41, 5.74) is 2.95. The average Bonchev–Trinajstić information content (AvgIpc) is 3.00. The van der Waals surface area contributed by atoms with E-state index in [1.54, 1.807) is 5.57 Å². The van der Waals surface area contributed by atoms with E-state index >= 15 is 0 Å². The van der Waals surface area contributed by atoms with Crippen molar-refractivity contribution in [3.05, 3.63) is 23.3 Å². The molecule has 0 radical (unpaired) electrons. The summed E-state index contributed by atoms with van der Waals surface area (Å²) >= 11 is 0. The van der Waals surface area contributed by atoms with Crippen molar-refractivity contribution < 1.29 is 10.2 Å². The molecular formula is C27H44O2. The second kappa shape index (κ2) is 7.52. The first kappa shape index (κ1) is 21.6. The lowest BCUT2D eigenvalue weighted by Gasteiger charge is -2.59. The summed E-state index contributed by atoms with van der Waals surface area (Å²) in [5, 5.41) is 21.7. The van der Waals surface area contributed by atoms with E-state index in [-0.39, 0.29) is 11.5 Å². The Bertz CT molecular complexity index is 685. The fraction of sp³-hybridized carbons (Fsp3) is 0.852. The Kier molecular flexibility index (Phi) is 5.61. The third-order valence-electron chi connectivity index (χ3n) is 10.0. The first-order valence-electron chi connectivity index (χ1n) is 12.3. The summed E-state index contributed by atoms with van der Waals surface area (Å²) in [7, 11) is 0. The number of aliphatic hydroxyl groups excluding tert-OH is 1. The van der Waals surface area contributed by atoms with Crippen LogP contribution < -0.4 is 0 Å². The van der Waals surface area contributed by atoms with Gasteiger partial charge < -0.3 is 10.2 Å². The van der Waals surface area contributed by atoms with Crippen molar-refractivity contribution in [1.82, 2.24) is 0 Å². The largest absolute Gasteiger partial charge is 0.393 e. The molecule has 1 unspecified atom stereocenters. The van der Waals surface area contributed by atoms with Gasteiger partial charge in [-0.2, -0.15) is 0 Å². The molecule has 4 aliphatic carbocycles. The Morgan fingerprint density at radius 3 is 2.62 bits per heavy atom. The highest BCUT2D eigenvalue weighted by Crippen LogP contribution is 2.67. The molecule has 0 aromatic heterocycles. The summed E-state index contributed by atoms with van der Waals surface area (Å²) in [4.78, 5) is 0. The van der Waals surface area contributed by atoms with E-state index in [0.29, 0.717) is 11.3 Å². The van der Waals surface area contributed by atoms with Crippen LogP contribution in [0.25, 0.3) is 0 Å². The van der Waals surface area contributed by atoms with Gasteiger partial charge in [-0.05, 0) is 119 Å². The lowest BCUT2D eigenvalue weighted by atomic mass is 9.46. The second-order valence-electron chi connectivity index (χ2n) is 12.0. The van der Waals surface area contributed by atoms with Crippen molar-refractivity contribution in [3.63, 3.8) is 0 Å². The molecule has 4 aliphatic rings. The van der Waals surface area contributed by atoms with Gasteiger partial charge in [0.15, 0.2) is 0 Å². The second-order valence-corrected chi connectivity index (χ2v) is 12.0. The van der Waals surface area contributed by atoms with E-state index in [9.17, 15) is 10.2 Å². The number of allylic oxidation sites excluding steroid dienone is 3. The van der Waals surface area contributed by atoms with Crippen LogP contribution >= 0.6 is 0 Å². The highest BCUT2D eigenvalue weighted by molar-refractivity contribution is 5.25. The molecule has 2 N–H and O–H groups in total. The molecule has 0 aliphatic heterocycles. The predicted octanol–water partition coefficient (Wildman–Crippen LogP) is 6.42. The molecule has 0 heterocycles. The van der Waals surface area contributed by atoms with Crippen molar-refractivity contribution in [3.8, 4) is 0 Å². The van der Waals surface area contributed by atoms with Gasteiger partial charge in [0.05, 0.1) is 11.7 Å². The molecule has 0 saturated heterocycles. The van der Waals surface area contributed by atoms with Gasteiger partial charge in [-0.3, -0.25) is 0 Å². The molecule has 0 aromatic carbocycles. The fourth-order valence-electron chi connectivity index (χ4n) is 8.49. The molecule has 0 bridgehead atoms. The molecule has 2 heteroatoms. The lowest BCUT2D eigenvalue weighted by molar-refractivity contribution is -0.104. The predicted molar refractivity (Wildman–Crippen MR) is 120 cm³/mol. The van der Waals surface area contributed by atoms with E-state index in [1.807, 2.05) is 0 Å². The average molecular weight is 401 g/mol. The molecular weight excluding hydrogens is 356 g/mol. The quantitative estimate of drug-likeness (QED) is 0.534. The van der Waals surface area contributed by atoms with Gasteiger partial charge in [0, 0.05) is 0 Å². The van der Waals surface area contributed by atoms with Gasteiger partial charge in [0.1, 0.15) is 0 Å². The maximum atomic E-state index is 11.5. The molecule has 3 fully saturated rings. The molecule has 29 heavy (non-hydrogen) atoms. The highest BCUT2D eigenvalue weighted by Gasteiger charge is 2.61. The van der Waals surface area contributed by atoms with E-state index < -0.39 is 5.60 Å². The van der Waals surface area contributed by atoms with Gasteiger partial charge in [-0.25, -0.2) is 0 Å². The number of hydrogen-bond acceptors (Lipinski definition) is 2. The minimum Gasteiger partial charge on any atom is -0.393 e. The maximum absolute atomic E-state index is 11.5. The summed E-state index contributed by atoms with van der Waals surface area (Å²) < 4.78 is 0. The van der Waals surface area contributed by atoms with Crippen LogP contribution in [0.1, 0.15) is 98.8 Å². The first-order valence-corrected chi connectivity index (χ1v) is 12.3. The van der Waals surface area contributed by atoms with Crippen LogP contribution in [0.2, 0.25) is 0 Å². The smallest absolute Gasteiger partial charge is 0.0656 e. The van der Waals surface area contributed by atoms with Gasteiger partial charge in [0.2, 0.25) is 0 Å². The van der Waals surface area contributed by atoms with Gasteiger partial charge in [-0.1, -0.05) is 37.1 Å². The summed E-state index contributed by atoms with van der Waals surface area (Å²) in [6, 6.07) is 0. The van der Waals surface area contributed by atoms with Crippen molar-refractivity contribution in [2.24, 2.45) is 34.5 Å². The Hall–Kier alpha value is -0.600. The first-order chi connectivity index (χ1) is 13.6. The van der Waals surface area contributed by atoms with Crippen LogP contribution in [0.5, 0.6) is 0 Å². The molecule has 2 nitrogen and oxygen atoms in total. The Morgan fingerprint density at radius 2 is 1.90 bits per heavy atom. The molecule has 0 aromatic rings. The van der Waals surface area contributed by atoms with Crippen molar-refractivity contribution >= 4 is 0 Å². The summed E-state index contributed by atoms with van der Waals surface area (Å²) in [6.07, 6.45) is 15.9. The Labute approximate surface area is 178 Å². The Morgan fingerprint density at radius 1 is 1.14 bits per heavy atom. The van der Waals surface area contributed by atoms with Gasteiger partial charge >= 0.3 is 0 Å². The highest BCUT2D eigenvalue weighted by atomic mass is 16.3. The zero-order valence-corrected chi connectivity index (χ0v) is 19.5. The van der Waals surface area contributed by atoms with Crippen molar-refractivity contribution in [2.45, 2.75) is 111 Å². The maximum Gasteiger partial charge on any atom is 0.0656 e. The van der Waals surface area contributed by atoms with Crippen LogP contribution in [-0.4, -0.2) is 21.9 Å². The third-order valence-corrected chi connectivity index (χ3v) is 10.0. The number of fused-ring (bicyclic) bond motifs is 5. The minimum absolute atomic E-state index is 0.119. The normalized spacial score (nSPS) is 46.0. The molecule has 3 saturated carbocycles. The van der Waals surface area contributed by atoms with E-state index in [2.05, 4.69) is 46.8 Å². The SMILES string of the molecule is CC(C)=CCC[C@](C)(O)[C@H]1CC[C@H]2[C@@H]3CC=C4CC(O)CC[C@]4(C)[C@H]3CC[C@@]21C. The van der Waals surface area contributed by atoms with Crippen LogP contribution in [0.4, 0.5) is 0 Å². The van der Waals surface area contributed by atoms with Crippen LogP contribution in [0.3, 0.4) is 0 Å². The number of aliphatic hydroxyl groups is 2. The fourth-order valence-corrected chi connectivity index (χ4v) is 8.49. The number of rotatable bonds is 4. The zero-order valence-electron chi connectivity index (χ0n) is 19.5. The molecule has 4 rings (SSSR count). The molecule has 0 amide bonds. The van der Waals surface area contributed by atoms with Gasteiger partial charge in [0.25, 0.3) is 0 Å². The van der Waals surface area contributed by atoms with Crippen LogP contribution in [0, 0.1) is 34.5 Å². The van der Waals surface area contributed by atoms with E-state index in [4.69, 9.17) is 0 Å². The summed E-state index contributed by atoms with van der Waals surface area (Å²) in [5.74, 6) is 2.74. The van der Waals surface area contributed by atoms with Gasteiger partial charge in [-0.15, -0.1) is 0 Å². The van der Waals surface area contributed by atoms with Crippen molar-refractivity contribution in [2.75, 3.05) is 0 Å². The standard InChI is InChI=1S/C27H44O2/c1-18(2)7-6-14-27(5,29)24-11-10-22-21-9-8-19-17-20(28)12-15-25(19,3)23(21)13-16-26(22,24)4/h7-8,20-24,28-29H,6,9-17H2,1-5H3/t20?,21-,22-,23-,24-,25-,26-,27-/m0/s1. The zero-order chi connectivity index (χ0) is 21.0. The molecule has 0 spiro atoms. The van der Waals surface area contributed by atoms with Crippen LogP contribution in [0.15, 0.2) is 23.3 Å². The van der Waals surface area contributed by atoms with E-state index in [0.717, 1.165) is 49.9 Å². The lowest BCUT2D eigenvalue weighted by Crippen LogP contribution is -2.53. The number of hydrogen-bond donors (Lipinski definition) is 2. The molecule has 164 valence electrons. The van der Waals surface area contributed by atoms with Crippen molar-refractivity contribution in [1.29, 1.82) is 0 Å². The third kappa shape index (κ3) is 3.57. The van der Waals surface area contributed by atoms with E-state index in [1.165, 1.54) is 37.7 Å². The minimum atomic E-state index is -0.559.